The average molecular weight is 418 g/mol. The largest absolute Gasteiger partial charge is 0.364 e. The van der Waals surface area contributed by atoms with Crippen molar-refractivity contribution < 1.29 is 4.79 Å². The van der Waals surface area contributed by atoms with E-state index in [1.54, 1.807) is 0 Å². The molecule has 7 heteroatoms. The molecule has 0 bridgehead atoms. The van der Waals surface area contributed by atoms with Crippen molar-refractivity contribution in [2.24, 2.45) is 0 Å². The fourth-order valence-corrected chi connectivity index (χ4v) is 4.62. The van der Waals surface area contributed by atoms with E-state index in [1.165, 1.54) is 4.57 Å². The molecule has 3 heterocycles. The average Bonchev–Trinajstić information content (AvgIpc) is 2.74. The second-order valence-corrected chi connectivity index (χ2v) is 8.84. The fourth-order valence-electron chi connectivity index (χ4n) is 4.62. The summed E-state index contributed by atoms with van der Waals surface area (Å²) in [5, 5.41) is 3.42. The molecule has 2 fully saturated rings. The maximum absolute atomic E-state index is 13.6. The predicted octanol–water partition coefficient (Wildman–Crippen LogP) is 2.09. The van der Waals surface area contributed by atoms with E-state index in [1.807, 2.05) is 62.4 Å². The Labute approximate surface area is 181 Å². The van der Waals surface area contributed by atoms with Crippen LogP contribution in [0.25, 0.3) is 22.3 Å². The number of aromatic nitrogens is 2. The topological polar surface area (TPSA) is 70.5 Å². The number of rotatable bonds is 5. The van der Waals surface area contributed by atoms with E-state index < -0.39 is 0 Å². The van der Waals surface area contributed by atoms with Crippen LogP contribution in [-0.2, 0) is 11.3 Å². The maximum Gasteiger partial charge on any atom is 0.262 e. The number of anilines is 1. The first-order valence-corrected chi connectivity index (χ1v) is 10.8. The summed E-state index contributed by atoms with van der Waals surface area (Å²) in [5.41, 5.74) is 2.32. The molecule has 2 atom stereocenters. The smallest absolute Gasteiger partial charge is 0.262 e. The van der Waals surface area contributed by atoms with Gasteiger partial charge in [0.15, 0.2) is 0 Å². The Balaban J connectivity index is 1.59. The van der Waals surface area contributed by atoms with Crippen LogP contribution in [0.1, 0.15) is 13.8 Å². The minimum Gasteiger partial charge on any atom is -0.364 e. The molecule has 2 aliphatic rings. The van der Waals surface area contributed by atoms with Crippen LogP contribution in [0.4, 0.5) is 5.69 Å². The van der Waals surface area contributed by atoms with Gasteiger partial charge in [0.1, 0.15) is 12.4 Å². The molecule has 2 aromatic carbocycles. The van der Waals surface area contributed by atoms with E-state index in [9.17, 15) is 9.59 Å². The van der Waals surface area contributed by atoms with E-state index in [-0.39, 0.29) is 24.1 Å². The van der Waals surface area contributed by atoms with E-state index in [4.69, 9.17) is 4.98 Å². The van der Waals surface area contributed by atoms with Crippen molar-refractivity contribution in [3.8, 4) is 11.4 Å². The van der Waals surface area contributed by atoms with Crippen molar-refractivity contribution in [2.45, 2.75) is 38.5 Å². The van der Waals surface area contributed by atoms with E-state index in [2.05, 4.69) is 22.2 Å². The molecule has 0 radical (unpaired) electrons. The zero-order valence-corrected chi connectivity index (χ0v) is 18.1. The van der Waals surface area contributed by atoms with Gasteiger partial charge in [-0.15, -0.1) is 0 Å². The second-order valence-electron chi connectivity index (χ2n) is 8.84. The first-order valence-electron chi connectivity index (χ1n) is 10.8. The molecule has 1 N–H and O–H groups in total. The molecule has 5 rings (SSSR count). The molecule has 2 saturated heterocycles. The van der Waals surface area contributed by atoms with Gasteiger partial charge in [-0.25, -0.2) is 4.98 Å². The van der Waals surface area contributed by atoms with Gasteiger partial charge in [0.25, 0.3) is 5.56 Å². The first kappa shape index (κ1) is 19.8. The zero-order valence-electron chi connectivity index (χ0n) is 18.1. The zero-order chi connectivity index (χ0) is 21.7. The summed E-state index contributed by atoms with van der Waals surface area (Å²) in [7, 11) is 2.15. The standard InChI is InChI=1S/C24H27N5O2/c1-15(2)25-22(30)14-29-23(16-7-5-4-6-8-16)26-19-10-9-17(11-18(19)24(29)31)28-13-20-21(28)12-27(20)3/h4-11,15,20-21H,12-14H2,1-3H3,(H,25,30)/t20?,21-/m1/s1. The number of likely N-dealkylation sites (N-methyl/N-ethyl adjacent to an activating group) is 1. The summed E-state index contributed by atoms with van der Waals surface area (Å²) < 4.78 is 1.50. The normalized spacial score (nSPS) is 20.3. The number of carbonyl (C=O) groups excluding carboxylic acids is 1. The molecule has 2 aliphatic heterocycles. The lowest BCUT2D eigenvalue weighted by Crippen LogP contribution is -2.78. The third-order valence-corrected chi connectivity index (χ3v) is 6.32. The summed E-state index contributed by atoms with van der Waals surface area (Å²) in [6.45, 7) is 5.78. The van der Waals surface area contributed by atoms with Crippen LogP contribution in [0.15, 0.2) is 53.3 Å². The van der Waals surface area contributed by atoms with E-state index in [0.717, 1.165) is 24.3 Å². The molecule has 0 aliphatic carbocycles. The van der Waals surface area contributed by atoms with Gasteiger partial charge in [0, 0.05) is 36.4 Å². The van der Waals surface area contributed by atoms with Crippen LogP contribution in [-0.4, -0.2) is 58.6 Å². The molecule has 1 unspecified atom stereocenters. The van der Waals surface area contributed by atoms with Gasteiger partial charge in [-0.3, -0.25) is 19.1 Å². The fraction of sp³-hybridized carbons (Fsp3) is 0.375. The van der Waals surface area contributed by atoms with Crippen LogP contribution in [0.2, 0.25) is 0 Å². The molecular formula is C24H27N5O2. The van der Waals surface area contributed by atoms with Gasteiger partial charge < -0.3 is 10.2 Å². The van der Waals surface area contributed by atoms with Crippen molar-refractivity contribution in [1.82, 2.24) is 19.8 Å². The molecule has 1 aromatic heterocycles. The SMILES string of the molecule is CC(C)NC(=O)Cn1c(-c2ccccc2)nc2ccc(N3CC4[C@H]3CN4C)cc2c1=O. The number of hydrogen-bond donors (Lipinski definition) is 1. The predicted molar refractivity (Wildman–Crippen MR) is 122 cm³/mol. The van der Waals surface area contributed by atoms with Crippen LogP contribution in [0, 0.1) is 0 Å². The maximum atomic E-state index is 13.6. The highest BCUT2D eigenvalue weighted by atomic mass is 16.2. The number of fused-ring (bicyclic) bond motifs is 2. The summed E-state index contributed by atoms with van der Waals surface area (Å²) >= 11 is 0. The molecule has 1 amide bonds. The van der Waals surface area contributed by atoms with Gasteiger partial charge in [-0.2, -0.15) is 0 Å². The highest BCUT2D eigenvalue weighted by molar-refractivity contribution is 5.85. The van der Waals surface area contributed by atoms with Crippen molar-refractivity contribution in [3.63, 3.8) is 0 Å². The van der Waals surface area contributed by atoms with Gasteiger partial charge in [0.05, 0.1) is 16.9 Å². The highest BCUT2D eigenvalue weighted by Gasteiger charge is 2.49. The Morgan fingerprint density at radius 1 is 1.13 bits per heavy atom. The van der Waals surface area contributed by atoms with Crippen molar-refractivity contribution in [1.29, 1.82) is 0 Å². The molecular weight excluding hydrogens is 390 g/mol. The van der Waals surface area contributed by atoms with Crippen LogP contribution >= 0.6 is 0 Å². The number of hydrogen-bond acceptors (Lipinski definition) is 5. The quantitative estimate of drug-likeness (QED) is 0.688. The molecule has 160 valence electrons. The lowest BCUT2D eigenvalue weighted by atomic mass is 9.85. The van der Waals surface area contributed by atoms with Gasteiger partial charge >= 0.3 is 0 Å². The Kier molecular flexibility index (Phi) is 4.78. The van der Waals surface area contributed by atoms with E-state index >= 15 is 0 Å². The summed E-state index contributed by atoms with van der Waals surface area (Å²) in [6, 6.07) is 16.6. The summed E-state index contributed by atoms with van der Waals surface area (Å²) in [6.07, 6.45) is 0. The molecule has 31 heavy (non-hydrogen) atoms. The van der Waals surface area contributed by atoms with Crippen molar-refractivity contribution in [2.75, 3.05) is 25.0 Å². The number of piperazine rings is 1. The minimum atomic E-state index is -0.199. The Hall–Kier alpha value is -3.19. The summed E-state index contributed by atoms with van der Waals surface area (Å²) in [4.78, 5) is 35.6. The highest BCUT2D eigenvalue weighted by Crippen LogP contribution is 2.36. The first-order chi connectivity index (χ1) is 14.9. The lowest BCUT2D eigenvalue weighted by molar-refractivity contribution is -0.122. The number of likely N-dealkylation sites (tertiary alicyclic amines) is 1. The monoisotopic (exact) mass is 417 g/mol. The molecule has 7 nitrogen and oxygen atoms in total. The number of benzene rings is 2. The Bertz CT molecular complexity index is 1200. The molecule has 3 aromatic rings. The third-order valence-electron chi connectivity index (χ3n) is 6.32. The van der Waals surface area contributed by atoms with Gasteiger partial charge in [-0.05, 0) is 39.1 Å². The number of nitrogens with zero attached hydrogens (tertiary/aromatic N) is 4. The van der Waals surface area contributed by atoms with E-state index in [0.29, 0.717) is 28.8 Å². The third kappa shape index (κ3) is 3.39. The second kappa shape index (κ2) is 7.50. The number of nitrogens with one attached hydrogen (secondary N) is 1. The minimum absolute atomic E-state index is 0.00312. The van der Waals surface area contributed by atoms with Gasteiger partial charge in [0.2, 0.25) is 5.91 Å². The Morgan fingerprint density at radius 3 is 2.55 bits per heavy atom. The lowest BCUT2D eigenvalue weighted by Gasteiger charge is -2.62. The van der Waals surface area contributed by atoms with Crippen LogP contribution < -0.4 is 15.8 Å². The van der Waals surface area contributed by atoms with Crippen LogP contribution in [0.5, 0.6) is 0 Å². The van der Waals surface area contributed by atoms with Crippen LogP contribution in [0.3, 0.4) is 0 Å². The number of carbonyl (C=O) groups is 1. The molecule has 0 saturated carbocycles. The molecule has 0 spiro atoms. The Morgan fingerprint density at radius 2 is 1.90 bits per heavy atom. The summed E-state index contributed by atoms with van der Waals surface area (Å²) in [5.74, 6) is 0.309. The van der Waals surface area contributed by atoms with Crippen molar-refractivity contribution >= 4 is 22.5 Å². The number of amides is 1. The van der Waals surface area contributed by atoms with Gasteiger partial charge in [-0.1, -0.05) is 30.3 Å². The van der Waals surface area contributed by atoms with Crippen molar-refractivity contribution in [3.05, 3.63) is 58.9 Å².